The highest BCUT2D eigenvalue weighted by Gasteiger charge is 2.33. The maximum atomic E-state index is 13.1. The van der Waals surface area contributed by atoms with Crippen molar-refractivity contribution >= 4 is 23.4 Å². The third-order valence-electron chi connectivity index (χ3n) is 7.25. The average Bonchev–Trinajstić information content (AvgIpc) is 3.18. The Balaban J connectivity index is 1.19. The smallest absolute Gasteiger partial charge is 0.329 e. The molecule has 1 saturated carbocycles. The number of amides is 2. The Morgan fingerprint density at radius 1 is 0.844 bits per heavy atom. The molecule has 0 aromatic heterocycles. The van der Waals surface area contributed by atoms with E-state index in [0.717, 1.165) is 23.5 Å². The summed E-state index contributed by atoms with van der Waals surface area (Å²) in [6.45, 7) is 3.33. The van der Waals surface area contributed by atoms with Crippen LogP contribution < -0.4 is 9.80 Å². The van der Waals surface area contributed by atoms with Crippen LogP contribution in [0.15, 0.2) is 48.5 Å². The molecule has 2 amide bonds. The predicted molar refractivity (Wildman–Crippen MR) is 125 cm³/mol. The van der Waals surface area contributed by atoms with Crippen LogP contribution in [-0.2, 0) is 11.3 Å². The minimum atomic E-state index is -0.711. The zero-order chi connectivity index (χ0) is 22.1. The summed E-state index contributed by atoms with van der Waals surface area (Å²) in [7, 11) is 0. The van der Waals surface area contributed by atoms with Crippen LogP contribution in [0.5, 0.6) is 0 Å². The van der Waals surface area contributed by atoms with Gasteiger partial charge in [-0.15, -0.1) is 0 Å². The van der Waals surface area contributed by atoms with Crippen molar-refractivity contribution < 1.29 is 14.7 Å². The van der Waals surface area contributed by atoms with Gasteiger partial charge in [-0.05, 0) is 54.2 Å². The molecule has 3 fully saturated rings. The third kappa shape index (κ3) is 4.24. The number of carboxylic acids is 1. The molecule has 3 aliphatic rings. The van der Waals surface area contributed by atoms with E-state index >= 15 is 0 Å². The number of hydrogen-bond donors (Lipinski definition) is 1. The quantitative estimate of drug-likeness (QED) is 0.717. The fourth-order valence-corrected chi connectivity index (χ4v) is 5.27. The van der Waals surface area contributed by atoms with Crippen molar-refractivity contribution in [1.29, 1.82) is 0 Å². The number of benzene rings is 2. The van der Waals surface area contributed by atoms with Crippen molar-refractivity contribution in [2.75, 3.05) is 36.0 Å². The first-order valence-electron chi connectivity index (χ1n) is 11.8. The normalized spacial score (nSPS) is 20.6. The van der Waals surface area contributed by atoms with E-state index < -0.39 is 5.97 Å². The monoisotopic (exact) mass is 433 g/mol. The van der Waals surface area contributed by atoms with Crippen molar-refractivity contribution in [3.05, 3.63) is 59.7 Å². The Labute approximate surface area is 189 Å². The summed E-state index contributed by atoms with van der Waals surface area (Å²) in [5.41, 5.74) is 4.43. The Hall–Kier alpha value is -2.86. The number of carbonyl (C=O) groups is 2. The molecule has 32 heavy (non-hydrogen) atoms. The first-order valence-corrected chi connectivity index (χ1v) is 11.8. The van der Waals surface area contributed by atoms with Gasteiger partial charge >= 0.3 is 12.0 Å². The average molecular weight is 434 g/mol. The van der Waals surface area contributed by atoms with Crippen molar-refractivity contribution in [1.82, 2.24) is 4.90 Å². The minimum Gasteiger partial charge on any atom is -0.481 e. The van der Waals surface area contributed by atoms with Gasteiger partial charge in [0.05, 0.1) is 5.92 Å². The van der Waals surface area contributed by atoms with Crippen molar-refractivity contribution in [3.63, 3.8) is 0 Å². The zero-order valence-corrected chi connectivity index (χ0v) is 18.4. The van der Waals surface area contributed by atoms with E-state index in [4.69, 9.17) is 5.11 Å². The molecule has 2 heterocycles. The molecule has 2 aromatic carbocycles. The summed E-state index contributed by atoms with van der Waals surface area (Å²) in [6, 6.07) is 16.7. The van der Waals surface area contributed by atoms with E-state index in [1.54, 1.807) is 0 Å². The fourth-order valence-electron chi connectivity index (χ4n) is 5.27. The summed E-state index contributed by atoms with van der Waals surface area (Å²) < 4.78 is 0. The first kappa shape index (κ1) is 21.0. The third-order valence-corrected chi connectivity index (χ3v) is 7.25. The summed E-state index contributed by atoms with van der Waals surface area (Å²) in [5.74, 6) is -0.273. The van der Waals surface area contributed by atoms with Crippen LogP contribution in [-0.4, -0.2) is 48.2 Å². The SMILES string of the molecule is O=C(O)C1CN(Cc2ccc(N3CCN(c4ccc(C5CCCCC5)cc4)C3=O)cc2)C1. The molecular formula is C26H31N3O3. The molecule has 6 nitrogen and oxygen atoms in total. The second-order valence-corrected chi connectivity index (χ2v) is 9.41. The molecule has 6 heteroatoms. The summed E-state index contributed by atoms with van der Waals surface area (Å²) in [5, 5.41) is 9.01. The van der Waals surface area contributed by atoms with Crippen molar-refractivity contribution in [3.8, 4) is 0 Å². The maximum Gasteiger partial charge on any atom is 0.329 e. The first-order chi connectivity index (χ1) is 15.6. The molecule has 2 aromatic rings. The van der Waals surface area contributed by atoms with Gasteiger partial charge in [0.25, 0.3) is 0 Å². The molecule has 5 rings (SSSR count). The standard InChI is InChI=1S/C26H31N3O3/c30-25(31)22-17-27(18-22)16-19-6-10-23(11-7-19)28-14-15-29(26(28)32)24-12-8-21(9-13-24)20-4-2-1-3-5-20/h6-13,20,22H,1-5,14-18H2,(H,30,31). The van der Waals surface area contributed by atoms with E-state index in [1.165, 1.54) is 37.7 Å². The van der Waals surface area contributed by atoms with E-state index in [0.29, 0.717) is 32.1 Å². The number of carbonyl (C=O) groups excluding carboxylic acids is 1. The molecule has 168 valence electrons. The predicted octanol–water partition coefficient (Wildman–Crippen LogP) is 4.70. The molecule has 1 aliphatic carbocycles. The molecule has 0 atom stereocenters. The number of likely N-dealkylation sites (tertiary alicyclic amines) is 1. The Morgan fingerprint density at radius 2 is 1.41 bits per heavy atom. The number of urea groups is 1. The van der Waals surface area contributed by atoms with Crippen LogP contribution in [0.1, 0.15) is 49.1 Å². The summed E-state index contributed by atoms with van der Waals surface area (Å²) in [6.07, 6.45) is 6.57. The Bertz CT molecular complexity index is 961. The number of carboxylic acid groups (broad SMARTS) is 1. The molecule has 2 saturated heterocycles. The van der Waals surface area contributed by atoms with Gasteiger partial charge in [-0.1, -0.05) is 43.5 Å². The van der Waals surface area contributed by atoms with Gasteiger partial charge in [0.1, 0.15) is 0 Å². The fraction of sp³-hybridized carbons (Fsp3) is 0.462. The summed E-state index contributed by atoms with van der Waals surface area (Å²) >= 11 is 0. The maximum absolute atomic E-state index is 13.1. The second-order valence-electron chi connectivity index (χ2n) is 9.41. The number of hydrogen-bond acceptors (Lipinski definition) is 3. The van der Waals surface area contributed by atoms with Gasteiger partial charge in [0.2, 0.25) is 0 Å². The number of nitrogens with zero attached hydrogens (tertiary/aromatic N) is 3. The van der Waals surface area contributed by atoms with E-state index in [2.05, 4.69) is 29.2 Å². The second kappa shape index (κ2) is 8.94. The van der Waals surface area contributed by atoms with Crippen molar-refractivity contribution in [2.24, 2.45) is 5.92 Å². The molecule has 0 spiro atoms. The lowest BCUT2D eigenvalue weighted by Gasteiger charge is -2.36. The van der Waals surface area contributed by atoms with Crippen LogP contribution in [0.3, 0.4) is 0 Å². The molecule has 2 aliphatic heterocycles. The van der Waals surface area contributed by atoms with Crippen LogP contribution >= 0.6 is 0 Å². The van der Waals surface area contributed by atoms with E-state index in [-0.39, 0.29) is 11.9 Å². The van der Waals surface area contributed by atoms with Crippen LogP contribution in [0.25, 0.3) is 0 Å². The van der Waals surface area contributed by atoms with Gasteiger partial charge in [-0.2, -0.15) is 0 Å². The lowest BCUT2D eigenvalue weighted by molar-refractivity contribution is -0.147. The van der Waals surface area contributed by atoms with Gasteiger partial charge < -0.3 is 5.11 Å². The van der Waals surface area contributed by atoms with Crippen molar-refractivity contribution in [2.45, 2.75) is 44.6 Å². The summed E-state index contributed by atoms with van der Waals surface area (Å²) in [4.78, 5) is 29.9. The van der Waals surface area contributed by atoms with E-state index in [1.807, 2.05) is 34.1 Å². The number of anilines is 2. The Kier molecular flexibility index (Phi) is 5.87. The number of aliphatic carboxylic acids is 1. The van der Waals surface area contributed by atoms with Gasteiger partial charge in [-0.25, -0.2) is 4.79 Å². The Morgan fingerprint density at radius 3 is 1.97 bits per heavy atom. The molecule has 1 N–H and O–H groups in total. The van der Waals surface area contributed by atoms with Gasteiger partial charge in [-0.3, -0.25) is 19.5 Å². The minimum absolute atomic E-state index is 0.0233. The topological polar surface area (TPSA) is 64.1 Å². The highest BCUT2D eigenvalue weighted by Crippen LogP contribution is 2.34. The highest BCUT2D eigenvalue weighted by atomic mass is 16.4. The molecule has 0 unspecified atom stereocenters. The van der Waals surface area contributed by atoms with Crippen LogP contribution in [0.4, 0.5) is 16.2 Å². The largest absolute Gasteiger partial charge is 0.481 e. The van der Waals surface area contributed by atoms with Crippen LogP contribution in [0.2, 0.25) is 0 Å². The molecular weight excluding hydrogens is 402 g/mol. The zero-order valence-electron chi connectivity index (χ0n) is 18.4. The molecule has 0 radical (unpaired) electrons. The van der Waals surface area contributed by atoms with E-state index in [9.17, 15) is 9.59 Å². The van der Waals surface area contributed by atoms with Crippen LogP contribution in [0, 0.1) is 5.92 Å². The van der Waals surface area contributed by atoms with Gasteiger partial charge in [0, 0.05) is 44.1 Å². The lowest BCUT2D eigenvalue weighted by Crippen LogP contribution is -2.49. The highest BCUT2D eigenvalue weighted by molar-refractivity contribution is 6.06. The van der Waals surface area contributed by atoms with Gasteiger partial charge in [0.15, 0.2) is 0 Å². The number of rotatable bonds is 6. The lowest BCUT2D eigenvalue weighted by atomic mass is 9.84. The molecule has 0 bridgehead atoms.